The maximum absolute atomic E-state index is 13.5. The van der Waals surface area contributed by atoms with Gasteiger partial charge in [0.1, 0.15) is 6.54 Å². The van der Waals surface area contributed by atoms with Crippen LogP contribution in [0.5, 0.6) is 0 Å². The Hall–Kier alpha value is -7.68. The largest absolute Gasteiger partial charge is 0.448 e. The molecule has 15 heteroatoms. The van der Waals surface area contributed by atoms with E-state index in [1.54, 1.807) is 36.4 Å². The summed E-state index contributed by atoms with van der Waals surface area (Å²) in [7, 11) is 0. The number of carbonyl (C=O) groups is 6. The van der Waals surface area contributed by atoms with Crippen LogP contribution in [0, 0.1) is 20.2 Å². The molecule has 0 radical (unpaired) electrons. The Kier molecular flexibility index (Phi) is 10.2. The van der Waals surface area contributed by atoms with Crippen molar-refractivity contribution in [3.63, 3.8) is 0 Å². The molecule has 0 aliphatic carbocycles. The van der Waals surface area contributed by atoms with E-state index in [-0.39, 0.29) is 50.3 Å². The maximum Gasteiger partial charge on any atom is 0.339 e. The number of nitro groups is 2. The quantitative estimate of drug-likeness (QED) is 0.0446. The fourth-order valence-electron chi connectivity index (χ4n) is 5.63. The molecule has 5 aromatic carbocycles. The summed E-state index contributed by atoms with van der Waals surface area (Å²) >= 11 is 0. The van der Waals surface area contributed by atoms with Crippen molar-refractivity contribution in [3.05, 3.63) is 187 Å². The summed E-state index contributed by atoms with van der Waals surface area (Å²) in [6.45, 7) is -0.925. The molecule has 0 spiro atoms. The van der Waals surface area contributed by atoms with E-state index in [2.05, 4.69) is 0 Å². The fraction of sp³-hybridized carbons (Fsp3) is 0.0769. The second kappa shape index (κ2) is 15.3. The zero-order valence-electron chi connectivity index (χ0n) is 27.7. The highest BCUT2D eigenvalue weighted by Gasteiger charge is 2.39. The van der Waals surface area contributed by atoms with Gasteiger partial charge < -0.3 is 9.47 Å². The highest BCUT2D eigenvalue weighted by molar-refractivity contribution is 6.23. The Bertz CT molecular complexity index is 2330. The standard InChI is InChI=1S/C39H25N3O12/c43-32(53-35(33(44)23-7-3-1-4-8-23)25-11-16-28(17-12-25)41(49)50)22-40-37(46)30-20-15-27(21-31(30)38(40)47)39(48)54-36(34(45)24-9-5-2-6-10-24)26-13-18-29(19-14-26)42(51)52/h1-21,35-36H,22H2/t35-,36-/m0/s1. The predicted octanol–water partition coefficient (Wildman–Crippen LogP) is 6.05. The predicted molar refractivity (Wildman–Crippen MR) is 187 cm³/mol. The first kappa shape index (κ1) is 36.1. The van der Waals surface area contributed by atoms with Crippen molar-refractivity contribution < 1.29 is 48.1 Å². The Morgan fingerprint density at radius 2 is 1.00 bits per heavy atom. The number of non-ortho nitro benzene ring substituents is 2. The lowest BCUT2D eigenvalue weighted by atomic mass is 9.99. The minimum Gasteiger partial charge on any atom is -0.448 e. The number of benzene rings is 5. The van der Waals surface area contributed by atoms with Crippen LogP contribution in [0.25, 0.3) is 0 Å². The van der Waals surface area contributed by atoms with Crippen LogP contribution < -0.4 is 0 Å². The number of ether oxygens (including phenoxy) is 2. The third-order valence-electron chi connectivity index (χ3n) is 8.37. The van der Waals surface area contributed by atoms with Crippen LogP contribution >= 0.6 is 0 Å². The smallest absolute Gasteiger partial charge is 0.339 e. The summed E-state index contributed by atoms with van der Waals surface area (Å²) in [5, 5.41) is 22.3. The molecular formula is C39H25N3O12. The number of hydrogen-bond donors (Lipinski definition) is 0. The number of esters is 2. The number of hydrogen-bond acceptors (Lipinski definition) is 12. The Morgan fingerprint density at radius 1 is 0.556 bits per heavy atom. The number of nitrogens with zero attached hydrogens (tertiary/aromatic N) is 3. The first-order valence-corrected chi connectivity index (χ1v) is 16.0. The van der Waals surface area contributed by atoms with Gasteiger partial charge in [-0.1, -0.05) is 60.7 Å². The van der Waals surface area contributed by atoms with Gasteiger partial charge in [-0.05, 0) is 42.5 Å². The number of nitro benzene ring substituents is 2. The fourth-order valence-corrected chi connectivity index (χ4v) is 5.63. The number of imide groups is 1. The lowest BCUT2D eigenvalue weighted by molar-refractivity contribution is -0.385. The molecule has 0 saturated carbocycles. The van der Waals surface area contributed by atoms with E-state index in [0.29, 0.717) is 4.90 Å². The molecule has 5 aromatic rings. The molecule has 1 aliphatic heterocycles. The van der Waals surface area contributed by atoms with Crippen LogP contribution in [0.1, 0.15) is 75.1 Å². The summed E-state index contributed by atoms with van der Waals surface area (Å²) in [5.41, 5.74) is -0.560. The van der Waals surface area contributed by atoms with Crippen molar-refractivity contribution in [2.45, 2.75) is 12.2 Å². The number of carbonyl (C=O) groups excluding carboxylic acids is 6. The Balaban J connectivity index is 1.21. The number of ketones is 2. The lowest BCUT2D eigenvalue weighted by Crippen LogP contribution is -2.36. The Morgan fingerprint density at radius 3 is 1.46 bits per heavy atom. The number of rotatable bonds is 13. The topological polar surface area (TPSA) is 210 Å². The van der Waals surface area contributed by atoms with Crippen LogP contribution in [0.2, 0.25) is 0 Å². The summed E-state index contributed by atoms with van der Waals surface area (Å²) < 4.78 is 11.1. The van der Waals surface area contributed by atoms with E-state index in [4.69, 9.17) is 9.47 Å². The van der Waals surface area contributed by atoms with Gasteiger partial charge in [-0.15, -0.1) is 0 Å². The van der Waals surface area contributed by atoms with E-state index in [1.165, 1.54) is 60.7 Å². The van der Waals surface area contributed by atoms with Crippen molar-refractivity contribution in [2.75, 3.05) is 6.54 Å². The van der Waals surface area contributed by atoms with Gasteiger partial charge >= 0.3 is 11.9 Å². The van der Waals surface area contributed by atoms with Crippen molar-refractivity contribution in [2.24, 2.45) is 0 Å². The van der Waals surface area contributed by atoms with Gasteiger partial charge in [-0.25, -0.2) is 4.79 Å². The molecule has 6 rings (SSSR count). The zero-order valence-corrected chi connectivity index (χ0v) is 27.7. The normalized spacial score (nSPS) is 13.0. The van der Waals surface area contributed by atoms with Gasteiger partial charge in [-0.3, -0.25) is 49.1 Å². The van der Waals surface area contributed by atoms with E-state index >= 15 is 0 Å². The average Bonchev–Trinajstić information content (AvgIpc) is 3.43. The zero-order chi connectivity index (χ0) is 38.5. The van der Waals surface area contributed by atoms with Gasteiger partial charge in [0.05, 0.1) is 26.5 Å². The van der Waals surface area contributed by atoms with Crippen LogP contribution in [-0.2, 0) is 14.3 Å². The first-order chi connectivity index (χ1) is 25.9. The number of Topliss-reactive ketones (excluding diaryl/α,β-unsaturated/α-hetero) is 2. The molecule has 1 heterocycles. The van der Waals surface area contributed by atoms with E-state index in [1.807, 2.05) is 0 Å². The van der Waals surface area contributed by atoms with Crippen LogP contribution in [0.4, 0.5) is 11.4 Å². The van der Waals surface area contributed by atoms with Crippen LogP contribution in [0.3, 0.4) is 0 Å². The molecule has 0 saturated heterocycles. The molecule has 268 valence electrons. The van der Waals surface area contributed by atoms with E-state index in [0.717, 1.165) is 30.3 Å². The summed E-state index contributed by atoms with van der Waals surface area (Å²) in [6, 6.07) is 28.7. The molecule has 54 heavy (non-hydrogen) atoms. The molecular weight excluding hydrogens is 702 g/mol. The average molecular weight is 728 g/mol. The highest BCUT2D eigenvalue weighted by Crippen LogP contribution is 2.30. The lowest BCUT2D eigenvalue weighted by Gasteiger charge is -2.19. The highest BCUT2D eigenvalue weighted by atomic mass is 16.6. The molecule has 0 bridgehead atoms. The van der Waals surface area contributed by atoms with Crippen molar-refractivity contribution in [1.29, 1.82) is 0 Å². The van der Waals surface area contributed by atoms with Gasteiger partial charge in [0.25, 0.3) is 23.2 Å². The summed E-state index contributed by atoms with van der Waals surface area (Å²) in [4.78, 5) is 102. The first-order valence-electron chi connectivity index (χ1n) is 16.0. The molecule has 15 nitrogen and oxygen atoms in total. The van der Waals surface area contributed by atoms with E-state index < -0.39 is 63.9 Å². The minimum absolute atomic E-state index is 0.103. The molecule has 2 atom stereocenters. The molecule has 0 fully saturated rings. The summed E-state index contributed by atoms with van der Waals surface area (Å²) in [6.07, 6.45) is -3.13. The molecule has 0 unspecified atom stereocenters. The molecule has 1 aliphatic rings. The van der Waals surface area contributed by atoms with Crippen molar-refractivity contribution in [1.82, 2.24) is 4.90 Å². The third-order valence-corrected chi connectivity index (χ3v) is 8.37. The number of amides is 2. The monoisotopic (exact) mass is 727 g/mol. The van der Waals surface area contributed by atoms with Crippen LogP contribution in [0.15, 0.2) is 127 Å². The van der Waals surface area contributed by atoms with E-state index in [9.17, 15) is 49.0 Å². The third kappa shape index (κ3) is 7.50. The van der Waals surface area contributed by atoms with Crippen molar-refractivity contribution >= 4 is 46.7 Å². The molecule has 2 amide bonds. The molecule has 0 aromatic heterocycles. The van der Waals surface area contributed by atoms with Gasteiger partial charge in [0, 0.05) is 46.5 Å². The Labute approximate surface area is 304 Å². The maximum atomic E-state index is 13.5. The minimum atomic E-state index is -1.58. The second-order valence-electron chi connectivity index (χ2n) is 11.8. The number of fused-ring (bicyclic) bond motifs is 1. The molecule has 0 N–H and O–H groups in total. The van der Waals surface area contributed by atoms with Gasteiger partial charge in [-0.2, -0.15) is 0 Å². The van der Waals surface area contributed by atoms with Gasteiger partial charge in [0.15, 0.2) is 12.2 Å². The SMILES string of the molecule is O=C(CN1C(=O)c2ccc(C(=O)O[C@H](C(=O)c3ccccc3)c3ccc([N+](=O)[O-])cc3)cc2C1=O)O[C@H](C(=O)c1ccccc1)c1ccc([N+](=O)[O-])cc1. The van der Waals surface area contributed by atoms with Crippen LogP contribution in [-0.4, -0.2) is 56.6 Å². The second-order valence-corrected chi connectivity index (χ2v) is 11.8. The van der Waals surface area contributed by atoms with Gasteiger partial charge in [0.2, 0.25) is 11.6 Å². The summed E-state index contributed by atoms with van der Waals surface area (Å²) in [5.74, 6) is -5.36. The van der Waals surface area contributed by atoms with Crippen molar-refractivity contribution in [3.8, 4) is 0 Å².